The Balaban J connectivity index is 1.70. The molecule has 0 radical (unpaired) electrons. The molecule has 132 valence electrons. The highest BCUT2D eigenvalue weighted by atomic mass is 16.5. The van der Waals surface area contributed by atoms with Gasteiger partial charge in [0.15, 0.2) is 0 Å². The lowest BCUT2D eigenvalue weighted by Crippen LogP contribution is -2.43. The topological polar surface area (TPSA) is 75.3 Å². The smallest absolute Gasteiger partial charge is 0.310 e. The van der Waals surface area contributed by atoms with E-state index >= 15 is 0 Å². The molecule has 1 aliphatic heterocycles. The van der Waals surface area contributed by atoms with Crippen molar-refractivity contribution in [3.63, 3.8) is 0 Å². The van der Waals surface area contributed by atoms with E-state index in [9.17, 15) is 9.59 Å². The van der Waals surface area contributed by atoms with Gasteiger partial charge in [-0.25, -0.2) is 0 Å². The van der Waals surface area contributed by atoms with E-state index in [1.54, 1.807) is 17.9 Å². The molecule has 0 spiro atoms. The molecule has 6 nitrogen and oxygen atoms in total. The third kappa shape index (κ3) is 3.90. The average Bonchev–Trinajstić information content (AvgIpc) is 3.12. The van der Waals surface area contributed by atoms with Crippen molar-refractivity contribution in [1.29, 1.82) is 0 Å². The SMILES string of the molecule is CCOC(=O)C1CCCN(C(=O)c2cc(-c3ccc(C)cc3)n[nH]2)C1. The van der Waals surface area contributed by atoms with Crippen LogP contribution in [0.1, 0.15) is 35.8 Å². The first-order valence-corrected chi connectivity index (χ1v) is 8.67. The van der Waals surface area contributed by atoms with Gasteiger partial charge in [0.2, 0.25) is 0 Å². The first kappa shape index (κ1) is 17.2. The van der Waals surface area contributed by atoms with Crippen molar-refractivity contribution in [3.05, 3.63) is 41.6 Å². The van der Waals surface area contributed by atoms with Crippen LogP contribution in [0.4, 0.5) is 0 Å². The van der Waals surface area contributed by atoms with Gasteiger partial charge in [0.1, 0.15) is 5.69 Å². The number of piperidine rings is 1. The molecule has 1 N–H and O–H groups in total. The maximum atomic E-state index is 12.7. The summed E-state index contributed by atoms with van der Waals surface area (Å²) in [4.78, 5) is 26.4. The van der Waals surface area contributed by atoms with Gasteiger partial charge in [-0.05, 0) is 32.8 Å². The van der Waals surface area contributed by atoms with E-state index in [1.165, 1.54) is 5.56 Å². The van der Waals surface area contributed by atoms with Gasteiger partial charge in [0, 0.05) is 18.7 Å². The summed E-state index contributed by atoms with van der Waals surface area (Å²) in [5.74, 6) is -0.582. The Morgan fingerprint density at radius 1 is 1.32 bits per heavy atom. The number of amides is 1. The highest BCUT2D eigenvalue weighted by Crippen LogP contribution is 2.22. The molecule has 0 saturated carbocycles. The van der Waals surface area contributed by atoms with Crippen molar-refractivity contribution < 1.29 is 14.3 Å². The number of rotatable bonds is 4. The Kier molecular flexibility index (Phi) is 5.16. The summed E-state index contributed by atoms with van der Waals surface area (Å²) in [6.45, 7) is 5.23. The monoisotopic (exact) mass is 341 g/mol. The molecule has 1 amide bonds. The Labute approximate surface area is 147 Å². The second kappa shape index (κ2) is 7.51. The number of nitrogens with zero attached hydrogens (tertiary/aromatic N) is 2. The molecular weight excluding hydrogens is 318 g/mol. The van der Waals surface area contributed by atoms with Crippen molar-refractivity contribution in [2.24, 2.45) is 5.92 Å². The van der Waals surface area contributed by atoms with Crippen LogP contribution in [-0.4, -0.2) is 46.7 Å². The minimum Gasteiger partial charge on any atom is -0.466 e. The van der Waals surface area contributed by atoms with E-state index in [4.69, 9.17) is 4.74 Å². The van der Waals surface area contributed by atoms with Crippen molar-refractivity contribution in [2.75, 3.05) is 19.7 Å². The number of hydrogen-bond donors (Lipinski definition) is 1. The summed E-state index contributed by atoms with van der Waals surface area (Å²) in [5.41, 5.74) is 3.32. The van der Waals surface area contributed by atoms with E-state index in [0.29, 0.717) is 25.4 Å². The Hall–Kier alpha value is -2.63. The number of nitrogens with one attached hydrogen (secondary N) is 1. The lowest BCUT2D eigenvalue weighted by molar-refractivity contribution is -0.149. The predicted molar refractivity (Wildman–Crippen MR) is 94.0 cm³/mol. The summed E-state index contributed by atoms with van der Waals surface area (Å²) < 4.78 is 5.09. The third-order valence-corrected chi connectivity index (χ3v) is 4.48. The summed E-state index contributed by atoms with van der Waals surface area (Å²) in [7, 11) is 0. The molecule has 1 atom stereocenters. The quantitative estimate of drug-likeness (QED) is 0.868. The van der Waals surface area contributed by atoms with Gasteiger partial charge in [-0.2, -0.15) is 5.10 Å². The van der Waals surface area contributed by atoms with Gasteiger partial charge in [-0.3, -0.25) is 14.7 Å². The minimum atomic E-state index is -0.239. The highest BCUT2D eigenvalue weighted by molar-refractivity contribution is 5.93. The number of H-pyrrole nitrogens is 1. The number of likely N-dealkylation sites (tertiary alicyclic amines) is 1. The molecule has 2 aromatic rings. The van der Waals surface area contributed by atoms with Gasteiger partial charge in [0.05, 0.1) is 18.2 Å². The van der Waals surface area contributed by atoms with E-state index in [2.05, 4.69) is 10.2 Å². The number of esters is 1. The fourth-order valence-electron chi connectivity index (χ4n) is 3.09. The zero-order chi connectivity index (χ0) is 17.8. The van der Waals surface area contributed by atoms with Crippen LogP contribution < -0.4 is 0 Å². The zero-order valence-electron chi connectivity index (χ0n) is 14.6. The molecule has 1 saturated heterocycles. The van der Waals surface area contributed by atoms with E-state index in [1.807, 2.05) is 31.2 Å². The molecule has 1 aromatic carbocycles. The Morgan fingerprint density at radius 2 is 2.08 bits per heavy atom. The molecular formula is C19H23N3O3. The zero-order valence-corrected chi connectivity index (χ0v) is 14.6. The molecule has 3 rings (SSSR count). The first-order valence-electron chi connectivity index (χ1n) is 8.67. The van der Waals surface area contributed by atoms with Crippen molar-refractivity contribution in [2.45, 2.75) is 26.7 Å². The first-order chi connectivity index (χ1) is 12.1. The van der Waals surface area contributed by atoms with Crippen LogP contribution in [0.2, 0.25) is 0 Å². The Bertz CT molecular complexity index is 752. The van der Waals surface area contributed by atoms with Crippen LogP contribution in [0, 0.1) is 12.8 Å². The van der Waals surface area contributed by atoms with E-state index in [-0.39, 0.29) is 17.8 Å². The molecule has 1 fully saturated rings. The molecule has 25 heavy (non-hydrogen) atoms. The van der Waals surface area contributed by atoms with Gasteiger partial charge in [-0.15, -0.1) is 0 Å². The second-order valence-corrected chi connectivity index (χ2v) is 6.38. The number of aromatic nitrogens is 2. The van der Waals surface area contributed by atoms with Crippen molar-refractivity contribution in [3.8, 4) is 11.3 Å². The largest absolute Gasteiger partial charge is 0.466 e. The standard InChI is InChI=1S/C19H23N3O3/c1-3-25-19(24)15-5-4-10-22(12-15)18(23)17-11-16(20-21-17)14-8-6-13(2)7-9-14/h6-9,11,15H,3-5,10,12H2,1-2H3,(H,20,21). The number of ether oxygens (including phenoxy) is 1. The predicted octanol–water partition coefficient (Wildman–Crippen LogP) is 2.80. The molecule has 0 aliphatic carbocycles. The Morgan fingerprint density at radius 3 is 2.80 bits per heavy atom. The van der Waals surface area contributed by atoms with Crippen molar-refractivity contribution in [1.82, 2.24) is 15.1 Å². The van der Waals surface area contributed by atoms with E-state index < -0.39 is 0 Å². The number of hydrogen-bond acceptors (Lipinski definition) is 4. The number of aromatic amines is 1. The number of carbonyl (C=O) groups is 2. The fourth-order valence-corrected chi connectivity index (χ4v) is 3.09. The maximum absolute atomic E-state index is 12.7. The summed E-state index contributed by atoms with van der Waals surface area (Å²) in [6.07, 6.45) is 1.56. The van der Waals surface area contributed by atoms with E-state index in [0.717, 1.165) is 24.1 Å². The molecule has 2 heterocycles. The molecule has 1 aromatic heterocycles. The van der Waals surface area contributed by atoms with Crippen LogP contribution in [0.25, 0.3) is 11.3 Å². The van der Waals surface area contributed by atoms with Crippen LogP contribution >= 0.6 is 0 Å². The average molecular weight is 341 g/mol. The lowest BCUT2D eigenvalue weighted by Gasteiger charge is -2.31. The van der Waals surface area contributed by atoms with Gasteiger partial charge in [0.25, 0.3) is 5.91 Å². The maximum Gasteiger partial charge on any atom is 0.310 e. The number of aryl methyl sites for hydroxylation is 1. The second-order valence-electron chi connectivity index (χ2n) is 6.38. The van der Waals surface area contributed by atoms with Crippen LogP contribution in [0.15, 0.2) is 30.3 Å². The van der Waals surface area contributed by atoms with Crippen LogP contribution in [0.5, 0.6) is 0 Å². The summed E-state index contributed by atoms with van der Waals surface area (Å²) in [5, 5.41) is 7.08. The molecule has 1 unspecified atom stereocenters. The summed E-state index contributed by atoms with van der Waals surface area (Å²) in [6, 6.07) is 9.76. The number of benzene rings is 1. The molecule has 1 aliphatic rings. The van der Waals surface area contributed by atoms with Gasteiger partial charge in [-0.1, -0.05) is 29.8 Å². The molecule has 0 bridgehead atoms. The fraction of sp³-hybridized carbons (Fsp3) is 0.421. The molecule has 6 heteroatoms. The van der Waals surface area contributed by atoms with Crippen LogP contribution in [-0.2, 0) is 9.53 Å². The van der Waals surface area contributed by atoms with Crippen molar-refractivity contribution >= 4 is 11.9 Å². The van der Waals surface area contributed by atoms with Crippen LogP contribution in [0.3, 0.4) is 0 Å². The lowest BCUT2D eigenvalue weighted by atomic mass is 9.98. The minimum absolute atomic E-state index is 0.125. The normalized spacial score (nSPS) is 17.4. The highest BCUT2D eigenvalue weighted by Gasteiger charge is 2.30. The van der Waals surface area contributed by atoms with Gasteiger partial charge < -0.3 is 9.64 Å². The third-order valence-electron chi connectivity index (χ3n) is 4.48. The summed E-state index contributed by atoms with van der Waals surface area (Å²) >= 11 is 0. The number of carbonyl (C=O) groups excluding carboxylic acids is 2. The van der Waals surface area contributed by atoms with Gasteiger partial charge >= 0.3 is 5.97 Å².